The minimum absolute atomic E-state index is 0.0215. The van der Waals surface area contributed by atoms with Gasteiger partial charge in [0.25, 0.3) is 5.56 Å². The molecule has 0 aliphatic carbocycles. The molecule has 0 radical (unpaired) electrons. The lowest BCUT2D eigenvalue weighted by Gasteiger charge is -2.23. The molecule has 0 fully saturated rings. The maximum absolute atomic E-state index is 12.7. The number of nitrogens with zero attached hydrogens (tertiary/aromatic N) is 3. The van der Waals surface area contributed by atoms with Crippen LogP contribution in [-0.2, 0) is 6.54 Å². The van der Waals surface area contributed by atoms with Crippen molar-refractivity contribution in [3.8, 4) is 0 Å². The molecular weight excluding hydrogens is 274 g/mol. The van der Waals surface area contributed by atoms with E-state index in [-0.39, 0.29) is 17.0 Å². The van der Waals surface area contributed by atoms with Gasteiger partial charge in [-0.2, -0.15) is 0 Å². The van der Waals surface area contributed by atoms with Gasteiger partial charge in [0.2, 0.25) is 0 Å². The number of fused-ring (bicyclic) bond motifs is 1. The number of hydrogen-bond acceptors (Lipinski definition) is 3. The first-order valence-corrected chi connectivity index (χ1v) is 7.15. The third-order valence-electron chi connectivity index (χ3n) is 3.58. The van der Waals surface area contributed by atoms with Crippen molar-refractivity contribution in [1.29, 1.82) is 0 Å². The van der Waals surface area contributed by atoms with E-state index in [1.165, 1.54) is 0 Å². The Labute approximate surface area is 124 Å². The normalized spacial score (nSPS) is 14.7. The zero-order valence-electron chi connectivity index (χ0n) is 12.3. The van der Waals surface area contributed by atoms with E-state index in [0.29, 0.717) is 23.3 Å². The summed E-state index contributed by atoms with van der Waals surface area (Å²) in [6.45, 7) is 4.50. The van der Waals surface area contributed by atoms with Crippen molar-refractivity contribution in [3.63, 3.8) is 0 Å². The van der Waals surface area contributed by atoms with Crippen molar-refractivity contribution < 1.29 is 0 Å². The highest BCUT2D eigenvalue weighted by atomic mass is 35.5. The van der Waals surface area contributed by atoms with Crippen LogP contribution in [0.1, 0.15) is 25.0 Å². The molecule has 2 unspecified atom stereocenters. The van der Waals surface area contributed by atoms with Gasteiger partial charge in [-0.25, -0.2) is 4.98 Å². The molecule has 20 heavy (non-hydrogen) atoms. The quantitative estimate of drug-likeness (QED) is 0.814. The number of likely N-dealkylation sites (N-methyl/N-ethyl adjacent to an activating group) is 1. The molecule has 0 N–H and O–H groups in total. The summed E-state index contributed by atoms with van der Waals surface area (Å²) >= 11 is 6.21. The summed E-state index contributed by atoms with van der Waals surface area (Å²) < 4.78 is 1.70. The molecule has 1 heterocycles. The van der Waals surface area contributed by atoms with Crippen molar-refractivity contribution >= 4 is 22.5 Å². The van der Waals surface area contributed by atoms with E-state index >= 15 is 0 Å². The zero-order chi connectivity index (χ0) is 14.9. The van der Waals surface area contributed by atoms with E-state index < -0.39 is 0 Å². The number of para-hydroxylation sites is 1. The molecule has 0 aliphatic heterocycles. The Morgan fingerprint density at radius 3 is 2.55 bits per heavy atom. The molecule has 2 rings (SSSR count). The lowest BCUT2D eigenvalue weighted by atomic mass is 10.2. The molecule has 5 heteroatoms. The fourth-order valence-electron chi connectivity index (χ4n) is 2.09. The average molecular weight is 294 g/mol. The zero-order valence-corrected chi connectivity index (χ0v) is 13.1. The van der Waals surface area contributed by atoms with E-state index in [0.717, 1.165) is 0 Å². The summed E-state index contributed by atoms with van der Waals surface area (Å²) in [5, 5.41) is 0.334. The van der Waals surface area contributed by atoms with Gasteiger partial charge in [0, 0.05) is 12.6 Å². The smallest absolute Gasteiger partial charge is 0.261 e. The third kappa shape index (κ3) is 2.86. The highest BCUT2D eigenvalue weighted by Gasteiger charge is 2.17. The van der Waals surface area contributed by atoms with E-state index in [2.05, 4.69) is 16.8 Å². The highest BCUT2D eigenvalue weighted by Crippen LogP contribution is 2.19. The summed E-state index contributed by atoms with van der Waals surface area (Å²) in [6, 6.07) is 7.62. The fourth-order valence-corrected chi connectivity index (χ4v) is 2.26. The highest BCUT2D eigenvalue weighted by molar-refractivity contribution is 6.20. The molecule has 0 saturated carbocycles. The summed E-state index contributed by atoms with van der Waals surface area (Å²) in [5.41, 5.74) is 0.681. The van der Waals surface area contributed by atoms with Gasteiger partial charge in [-0.1, -0.05) is 12.1 Å². The number of aromatic nitrogens is 2. The van der Waals surface area contributed by atoms with E-state index in [4.69, 9.17) is 11.6 Å². The van der Waals surface area contributed by atoms with Crippen LogP contribution < -0.4 is 5.56 Å². The number of rotatable bonds is 4. The van der Waals surface area contributed by atoms with Crippen LogP contribution in [0, 0.1) is 0 Å². The molecule has 2 aromatic rings. The van der Waals surface area contributed by atoms with Gasteiger partial charge < -0.3 is 4.90 Å². The Bertz CT molecular complexity index is 664. The fraction of sp³-hybridized carbons (Fsp3) is 0.467. The van der Waals surface area contributed by atoms with Gasteiger partial charge in [0.1, 0.15) is 5.82 Å². The Kier molecular flexibility index (Phi) is 4.45. The SMILES string of the molecule is CC(Cl)c1nc2ccccc2c(=O)n1CC(C)N(C)C. The lowest BCUT2D eigenvalue weighted by Crippen LogP contribution is -2.36. The Balaban J connectivity index is 2.64. The summed E-state index contributed by atoms with van der Waals surface area (Å²) in [7, 11) is 3.99. The average Bonchev–Trinajstić information content (AvgIpc) is 2.41. The van der Waals surface area contributed by atoms with Crippen LogP contribution >= 0.6 is 11.6 Å². The van der Waals surface area contributed by atoms with Crippen LogP contribution in [0.15, 0.2) is 29.1 Å². The maximum atomic E-state index is 12.7. The number of halogens is 1. The molecule has 0 spiro atoms. The lowest BCUT2D eigenvalue weighted by molar-refractivity contribution is 0.278. The molecule has 1 aromatic carbocycles. The van der Waals surface area contributed by atoms with Gasteiger partial charge in [-0.05, 0) is 40.1 Å². The van der Waals surface area contributed by atoms with Crippen molar-refractivity contribution in [1.82, 2.24) is 14.5 Å². The monoisotopic (exact) mass is 293 g/mol. The topological polar surface area (TPSA) is 38.1 Å². The molecule has 0 aliphatic rings. The van der Waals surface area contributed by atoms with Crippen LogP contribution in [0.25, 0.3) is 10.9 Å². The van der Waals surface area contributed by atoms with E-state index in [9.17, 15) is 4.79 Å². The number of alkyl halides is 1. The van der Waals surface area contributed by atoms with Crippen LogP contribution in [0.2, 0.25) is 0 Å². The maximum Gasteiger partial charge on any atom is 0.261 e. The molecule has 108 valence electrons. The molecule has 2 atom stereocenters. The van der Waals surface area contributed by atoms with Gasteiger partial charge in [0.05, 0.1) is 16.3 Å². The molecule has 1 aromatic heterocycles. The van der Waals surface area contributed by atoms with E-state index in [1.807, 2.05) is 45.3 Å². The van der Waals surface area contributed by atoms with Gasteiger partial charge in [-0.3, -0.25) is 9.36 Å². The first-order valence-electron chi connectivity index (χ1n) is 6.71. The minimum atomic E-state index is -0.304. The van der Waals surface area contributed by atoms with Crippen molar-refractivity contribution in [2.24, 2.45) is 0 Å². The van der Waals surface area contributed by atoms with Crippen LogP contribution in [-0.4, -0.2) is 34.6 Å². The second-order valence-electron chi connectivity index (χ2n) is 5.33. The second kappa shape index (κ2) is 5.94. The van der Waals surface area contributed by atoms with E-state index in [1.54, 1.807) is 4.57 Å². The number of benzene rings is 1. The van der Waals surface area contributed by atoms with Crippen molar-refractivity contribution in [2.75, 3.05) is 14.1 Å². The molecule has 0 saturated heterocycles. The Hall–Kier alpha value is -1.39. The first kappa shape index (κ1) is 15.0. The summed E-state index contributed by atoms with van der Waals surface area (Å²) in [4.78, 5) is 19.3. The molecule has 4 nitrogen and oxygen atoms in total. The van der Waals surface area contributed by atoms with Crippen LogP contribution in [0.4, 0.5) is 0 Å². The predicted octanol–water partition coefficient (Wildman–Crippen LogP) is 2.65. The molecule has 0 amide bonds. The number of hydrogen-bond donors (Lipinski definition) is 0. The van der Waals surface area contributed by atoms with Gasteiger partial charge in [0.15, 0.2) is 0 Å². The largest absolute Gasteiger partial charge is 0.305 e. The van der Waals surface area contributed by atoms with Crippen molar-refractivity contribution in [2.45, 2.75) is 31.8 Å². The predicted molar refractivity (Wildman–Crippen MR) is 83.4 cm³/mol. The molecule has 0 bridgehead atoms. The Morgan fingerprint density at radius 1 is 1.30 bits per heavy atom. The second-order valence-corrected chi connectivity index (χ2v) is 5.99. The molecular formula is C15H20ClN3O. The standard InChI is InChI=1S/C15H20ClN3O/c1-10(18(3)4)9-19-14(11(2)16)17-13-8-6-5-7-12(13)15(19)20/h5-8,10-11H,9H2,1-4H3. The van der Waals surface area contributed by atoms with Gasteiger partial charge in [-0.15, -0.1) is 11.6 Å². The van der Waals surface area contributed by atoms with Gasteiger partial charge >= 0.3 is 0 Å². The summed E-state index contributed by atoms with van der Waals surface area (Å²) in [6.07, 6.45) is 0. The van der Waals surface area contributed by atoms with Crippen molar-refractivity contribution in [3.05, 3.63) is 40.4 Å². The third-order valence-corrected chi connectivity index (χ3v) is 3.77. The minimum Gasteiger partial charge on any atom is -0.305 e. The summed E-state index contributed by atoms with van der Waals surface area (Å²) in [5.74, 6) is 0.629. The van der Waals surface area contributed by atoms with Crippen LogP contribution in [0.3, 0.4) is 0 Å². The Morgan fingerprint density at radius 2 is 1.95 bits per heavy atom. The first-order chi connectivity index (χ1) is 9.41. The van der Waals surface area contributed by atoms with Crippen LogP contribution in [0.5, 0.6) is 0 Å².